The molecule has 0 atom stereocenters. The minimum absolute atomic E-state index is 0.0833. The van der Waals surface area contributed by atoms with Gasteiger partial charge in [0.15, 0.2) is 0 Å². The molecule has 2 aromatic heterocycles. The highest BCUT2D eigenvalue weighted by molar-refractivity contribution is 7.13. The van der Waals surface area contributed by atoms with Crippen molar-refractivity contribution in [2.45, 2.75) is 19.4 Å². The summed E-state index contributed by atoms with van der Waals surface area (Å²) in [6.07, 6.45) is 0.773. The third-order valence-electron chi connectivity index (χ3n) is 5.75. The number of H-pyrrole nitrogens is 1. The molecule has 9 heteroatoms. The van der Waals surface area contributed by atoms with Crippen molar-refractivity contribution in [1.29, 1.82) is 0 Å². The van der Waals surface area contributed by atoms with Gasteiger partial charge in [-0.25, -0.2) is 14.4 Å². The van der Waals surface area contributed by atoms with E-state index in [2.05, 4.69) is 49.4 Å². The number of halogens is 1. The third-order valence-corrected chi connectivity index (χ3v) is 6.69. The zero-order valence-electron chi connectivity index (χ0n) is 18.7. The van der Waals surface area contributed by atoms with Crippen LogP contribution in [0.5, 0.6) is 0 Å². The molecule has 0 aliphatic carbocycles. The lowest BCUT2D eigenvalue weighted by molar-refractivity contribution is -0.120. The second-order valence-electron chi connectivity index (χ2n) is 8.35. The lowest BCUT2D eigenvalue weighted by Gasteiger charge is -2.26. The van der Waals surface area contributed by atoms with Crippen molar-refractivity contribution in [1.82, 2.24) is 25.2 Å². The van der Waals surface area contributed by atoms with Crippen LogP contribution in [-0.2, 0) is 28.9 Å². The molecule has 1 saturated heterocycles. The van der Waals surface area contributed by atoms with Crippen LogP contribution in [0.25, 0.3) is 21.6 Å². The molecule has 2 aromatic carbocycles. The molecule has 1 amide bonds. The van der Waals surface area contributed by atoms with Gasteiger partial charge in [-0.1, -0.05) is 18.2 Å². The molecule has 0 radical (unpaired) electrons. The van der Waals surface area contributed by atoms with Crippen LogP contribution in [-0.4, -0.2) is 58.6 Å². The van der Waals surface area contributed by atoms with E-state index in [4.69, 9.17) is 4.74 Å². The average Bonchev–Trinajstić information content (AvgIpc) is 3.46. The van der Waals surface area contributed by atoms with E-state index < -0.39 is 0 Å². The van der Waals surface area contributed by atoms with Gasteiger partial charge < -0.3 is 15.0 Å². The van der Waals surface area contributed by atoms with E-state index in [9.17, 15) is 9.18 Å². The molecule has 5 rings (SSSR count). The summed E-state index contributed by atoms with van der Waals surface area (Å²) >= 11 is 1.55. The van der Waals surface area contributed by atoms with Crippen LogP contribution in [0, 0.1) is 5.82 Å². The summed E-state index contributed by atoms with van der Waals surface area (Å²) in [5.41, 5.74) is 4.46. The van der Waals surface area contributed by atoms with Crippen LogP contribution in [0.4, 0.5) is 4.39 Å². The van der Waals surface area contributed by atoms with E-state index in [1.165, 1.54) is 17.7 Å². The van der Waals surface area contributed by atoms with Crippen LogP contribution in [0.1, 0.15) is 17.1 Å². The van der Waals surface area contributed by atoms with Gasteiger partial charge in [0.25, 0.3) is 0 Å². The first kappa shape index (κ1) is 22.6. The van der Waals surface area contributed by atoms with Gasteiger partial charge in [-0.3, -0.25) is 9.69 Å². The van der Waals surface area contributed by atoms with Crippen LogP contribution in [0.2, 0.25) is 0 Å². The van der Waals surface area contributed by atoms with Gasteiger partial charge in [-0.05, 0) is 29.8 Å². The van der Waals surface area contributed by atoms with Crippen LogP contribution < -0.4 is 5.32 Å². The number of aromatic amines is 1. The van der Waals surface area contributed by atoms with Crippen molar-refractivity contribution in [2.75, 3.05) is 32.8 Å². The minimum Gasteiger partial charge on any atom is -0.379 e. The van der Waals surface area contributed by atoms with E-state index in [1.54, 1.807) is 17.4 Å². The number of aromatic nitrogens is 3. The topological polar surface area (TPSA) is 83.1 Å². The van der Waals surface area contributed by atoms with Crippen molar-refractivity contribution in [3.05, 3.63) is 70.7 Å². The Labute approximate surface area is 201 Å². The maximum Gasteiger partial charge on any atom is 0.226 e. The standard InChI is InChI=1S/C25H26FN5O2S/c26-19-4-5-21-22(13-19)30-23(29-21)6-7-27-24(32)14-20-16-34-25(28-20)18-3-1-2-17(12-18)15-31-8-10-33-11-9-31/h1-5,12-13,16H,6-11,14-15H2,(H,27,32)(H,29,30). The number of carbonyl (C=O) groups excluding carboxylic acids is 1. The molecular weight excluding hydrogens is 453 g/mol. The molecule has 1 fully saturated rings. The molecule has 0 bridgehead atoms. The van der Waals surface area contributed by atoms with E-state index in [1.807, 2.05) is 5.38 Å². The Morgan fingerprint density at radius 1 is 1.18 bits per heavy atom. The lowest BCUT2D eigenvalue weighted by atomic mass is 10.1. The van der Waals surface area contributed by atoms with Crippen molar-refractivity contribution in [3.63, 3.8) is 0 Å². The fraction of sp³-hybridized carbons (Fsp3) is 0.320. The van der Waals surface area contributed by atoms with Crippen LogP contribution in [0.3, 0.4) is 0 Å². The second kappa shape index (κ2) is 10.4. The molecule has 3 heterocycles. The number of carbonyl (C=O) groups is 1. The Balaban J connectivity index is 1.13. The van der Waals surface area contributed by atoms with Crippen LogP contribution >= 0.6 is 11.3 Å². The van der Waals surface area contributed by atoms with Crippen LogP contribution in [0.15, 0.2) is 47.8 Å². The summed E-state index contributed by atoms with van der Waals surface area (Å²) in [5, 5.41) is 5.77. The van der Waals surface area contributed by atoms with Gasteiger partial charge in [0.2, 0.25) is 5.91 Å². The monoisotopic (exact) mass is 479 g/mol. The number of thiazole rings is 1. The predicted molar refractivity (Wildman–Crippen MR) is 130 cm³/mol. The summed E-state index contributed by atoms with van der Waals surface area (Å²) in [6.45, 7) is 4.83. The molecule has 2 N–H and O–H groups in total. The number of rotatable bonds is 8. The molecule has 176 valence electrons. The normalized spacial score (nSPS) is 14.5. The van der Waals surface area contributed by atoms with Gasteiger partial charge in [-0.2, -0.15) is 0 Å². The Morgan fingerprint density at radius 2 is 2.06 bits per heavy atom. The first-order chi connectivity index (χ1) is 16.6. The first-order valence-electron chi connectivity index (χ1n) is 11.4. The number of fused-ring (bicyclic) bond motifs is 1. The predicted octanol–water partition coefficient (Wildman–Crippen LogP) is 3.56. The summed E-state index contributed by atoms with van der Waals surface area (Å²) in [6, 6.07) is 12.9. The zero-order chi connectivity index (χ0) is 23.3. The molecule has 0 saturated carbocycles. The number of imidazole rings is 1. The maximum atomic E-state index is 13.3. The van der Waals surface area contributed by atoms with Gasteiger partial charge >= 0.3 is 0 Å². The summed E-state index contributed by atoms with van der Waals surface area (Å²) < 4.78 is 18.7. The molecule has 1 aliphatic heterocycles. The average molecular weight is 480 g/mol. The van der Waals surface area contributed by atoms with Gasteiger partial charge in [0.1, 0.15) is 16.6 Å². The molecule has 34 heavy (non-hydrogen) atoms. The summed E-state index contributed by atoms with van der Waals surface area (Å²) in [5.74, 6) is 0.330. The largest absolute Gasteiger partial charge is 0.379 e. The minimum atomic E-state index is -0.303. The molecule has 7 nitrogen and oxygen atoms in total. The first-order valence-corrected chi connectivity index (χ1v) is 12.2. The highest BCUT2D eigenvalue weighted by atomic mass is 32.1. The van der Waals surface area contributed by atoms with Crippen molar-refractivity contribution in [3.8, 4) is 10.6 Å². The van der Waals surface area contributed by atoms with Gasteiger partial charge in [0, 0.05) is 43.5 Å². The number of benzene rings is 2. The Bertz CT molecular complexity index is 1280. The number of nitrogens with one attached hydrogen (secondary N) is 2. The van der Waals surface area contributed by atoms with E-state index in [0.29, 0.717) is 29.8 Å². The lowest BCUT2D eigenvalue weighted by Crippen LogP contribution is -2.35. The zero-order valence-corrected chi connectivity index (χ0v) is 19.5. The fourth-order valence-electron chi connectivity index (χ4n) is 4.04. The second-order valence-corrected chi connectivity index (χ2v) is 9.21. The summed E-state index contributed by atoms with van der Waals surface area (Å²) in [4.78, 5) is 27.0. The fourth-order valence-corrected chi connectivity index (χ4v) is 4.86. The van der Waals surface area contributed by atoms with Gasteiger partial charge in [0.05, 0.1) is 36.4 Å². The Morgan fingerprint density at radius 3 is 2.94 bits per heavy atom. The van der Waals surface area contributed by atoms with E-state index in [-0.39, 0.29) is 18.1 Å². The molecular formula is C25H26FN5O2S. The highest BCUT2D eigenvalue weighted by Gasteiger charge is 2.13. The molecule has 1 aliphatic rings. The van der Waals surface area contributed by atoms with Crippen molar-refractivity contribution >= 4 is 28.3 Å². The Hall–Kier alpha value is -3.14. The maximum absolute atomic E-state index is 13.3. The SMILES string of the molecule is O=C(Cc1csc(-c2cccc(CN3CCOCC3)c2)n1)NCCc1nc2ccc(F)cc2[nH]1. The summed E-state index contributed by atoms with van der Waals surface area (Å²) in [7, 11) is 0. The van der Waals surface area contributed by atoms with E-state index >= 15 is 0 Å². The number of nitrogens with zero attached hydrogens (tertiary/aromatic N) is 3. The number of morpholine rings is 1. The molecule has 0 unspecified atom stereocenters. The Kier molecular flexibility index (Phi) is 6.94. The molecule has 0 spiro atoms. The number of ether oxygens (including phenoxy) is 1. The quantitative estimate of drug-likeness (QED) is 0.404. The van der Waals surface area contributed by atoms with Crippen molar-refractivity contribution < 1.29 is 13.9 Å². The van der Waals surface area contributed by atoms with Crippen molar-refractivity contribution in [2.24, 2.45) is 0 Å². The molecule has 4 aromatic rings. The number of hydrogen-bond donors (Lipinski definition) is 2. The number of hydrogen-bond acceptors (Lipinski definition) is 6. The van der Waals surface area contributed by atoms with E-state index in [0.717, 1.165) is 49.1 Å². The van der Waals surface area contributed by atoms with Gasteiger partial charge in [-0.15, -0.1) is 11.3 Å². The highest BCUT2D eigenvalue weighted by Crippen LogP contribution is 2.25. The smallest absolute Gasteiger partial charge is 0.226 e. The number of amides is 1. The third kappa shape index (κ3) is 5.67.